The molecule has 3 rings (SSSR count). The topological polar surface area (TPSA) is 111 Å². The van der Waals surface area contributed by atoms with E-state index in [0.29, 0.717) is 34.5 Å². The van der Waals surface area contributed by atoms with E-state index in [1.165, 1.54) is 18.6 Å². The average molecular weight is 365 g/mol. The Morgan fingerprint density at radius 1 is 1.30 bits per heavy atom. The van der Waals surface area contributed by atoms with Crippen molar-refractivity contribution >= 4 is 28.6 Å². The highest BCUT2D eigenvalue weighted by molar-refractivity contribution is 6.07. The van der Waals surface area contributed by atoms with E-state index in [1.807, 2.05) is 19.0 Å². The number of carbonyl (C=O) groups is 2. The van der Waals surface area contributed by atoms with Crippen LogP contribution in [0.15, 0.2) is 48.9 Å². The van der Waals surface area contributed by atoms with Crippen molar-refractivity contribution in [3.05, 3.63) is 54.5 Å². The molecule has 0 radical (unpaired) electrons. The van der Waals surface area contributed by atoms with Crippen LogP contribution in [0.4, 0.5) is 5.69 Å². The number of fused-ring (bicyclic) bond motifs is 1. The number of carboxylic acid groups (broad SMARTS) is 1. The molecule has 3 aromatic rings. The van der Waals surface area contributed by atoms with Crippen molar-refractivity contribution in [3.63, 3.8) is 0 Å². The summed E-state index contributed by atoms with van der Waals surface area (Å²) in [6.07, 6.45) is 6.01. The minimum atomic E-state index is -1.06. The molecule has 0 bridgehead atoms. The summed E-state index contributed by atoms with van der Waals surface area (Å²) in [4.78, 5) is 36.6. The number of H-pyrrole nitrogens is 1. The summed E-state index contributed by atoms with van der Waals surface area (Å²) >= 11 is 0. The number of nitrogens with zero attached hydrogens (tertiary/aromatic N) is 3. The van der Waals surface area contributed by atoms with Crippen LogP contribution in [0.5, 0.6) is 0 Å². The van der Waals surface area contributed by atoms with Gasteiger partial charge in [0.15, 0.2) is 0 Å². The van der Waals surface area contributed by atoms with Gasteiger partial charge in [0.05, 0.1) is 16.6 Å². The van der Waals surface area contributed by atoms with Crippen molar-refractivity contribution in [2.75, 3.05) is 26.0 Å². The fourth-order valence-electron chi connectivity index (χ4n) is 2.65. The molecule has 0 saturated heterocycles. The molecule has 0 spiro atoms. The Kier molecular flexibility index (Phi) is 5.28. The van der Waals surface area contributed by atoms with Gasteiger partial charge >= 0.3 is 5.97 Å². The summed E-state index contributed by atoms with van der Waals surface area (Å²) in [6.45, 7) is 0.665. The number of benzene rings is 1. The van der Waals surface area contributed by atoms with Crippen LogP contribution in [0.25, 0.3) is 22.3 Å². The first-order valence-electron chi connectivity index (χ1n) is 8.24. The molecule has 8 heteroatoms. The number of carboxylic acids is 1. The molecule has 0 aliphatic carbocycles. The van der Waals surface area contributed by atoms with Crippen LogP contribution in [0, 0.1) is 0 Å². The van der Waals surface area contributed by atoms with E-state index in [-0.39, 0.29) is 11.5 Å². The third-order valence-electron chi connectivity index (χ3n) is 3.84. The first-order chi connectivity index (χ1) is 13.0. The summed E-state index contributed by atoms with van der Waals surface area (Å²) in [6, 6.07) is 7.08. The average Bonchev–Trinajstić information content (AvgIpc) is 3.06. The number of carbonyl (C=O) groups excluding carboxylic acids is 1. The lowest BCUT2D eigenvalue weighted by Crippen LogP contribution is -2.12. The Balaban J connectivity index is 1.91. The number of hydrogen-bond acceptors (Lipinski definition) is 5. The molecule has 0 atom stereocenters. The monoisotopic (exact) mass is 365 g/mol. The quantitative estimate of drug-likeness (QED) is 0.578. The molecule has 1 aromatic carbocycles. The highest BCUT2D eigenvalue weighted by Gasteiger charge is 2.17. The van der Waals surface area contributed by atoms with Gasteiger partial charge in [0.2, 0.25) is 5.91 Å². The van der Waals surface area contributed by atoms with Gasteiger partial charge in [-0.25, -0.2) is 14.8 Å². The SMILES string of the molecule is CN(C)C/C=C/C(=O)Nc1cccc(-c2ncnc3[nH]cc(C(=O)O)c23)c1. The second-order valence-electron chi connectivity index (χ2n) is 6.19. The number of anilines is 1. The van der Waals surface area contributed by atoms with Crippen LogP contribution in [0.3, 0.4) is 0 Å². The van der Waals surface area contributed by atoms with Gasteiger partial charge in [-0.2, -0.15) is 0 Å². The maximum absolute atomic E-state index is 12.0. The molecular weight excluding hydrogens is 346 g/mol. The van der Waals surface area contributed by atoms with Crippen LogP contribution in [0.1, 0.15) is 10.4 Å². The van der Waals surface area contributed by atoms with E-state index in [0.717, 1.165) is 0 Å². The first-order valence-corrected chi connectivity index (χ1v) is 8.24. The normalized spacial score (nSPS) is 11.4. The molecule has 0 saturated carbocycles. The molecule has 0 aliphatic heterocycles. The van der Waals surface area contributed by atoms with Gasteiger partial charge in [0, 0.05) is 30.1 Å². The van der Waals surface area contributed by atoms with Crippen molar-refractivity contribution in [1.29, 1.82) is 0 Å². The van der Waals surface area contributed by atoms with Gasteiger partial charge in [-0.15, -0.1) is 0 Å². The van der Waals surface area contributed by atoms with Gasteiger partial charge in [-0.1, -0.05) is 18.2 Å². The number of rotatable bonds is 6. The molecule has 0 aliphatic rings. The number of likely N-dealkylation sites (N-methyl/N-ethyl adjacent to an activating group) is 1. The summed E-state index contributed by atoms with van der Waals surface area (Å²) in [5.74, 6) is -1.30. The van der Waals surface area contributed by atoms with E-state index in [1.54, 1.807) is 30.3 Å². The molecule has 0 unspecified atom stereocenters. The number of amides is 1. The summed E-state index contributed by atoms with van der Waals surface area (Å²) in [7, 11) is 3.83. The molecule has 138 valence electrons. The second-order valence-corrected chi connectivity index (χ2v) is 6.19. The number of aromatic carboxylic acids is 1. The highest BCUT2D eigenvalue weighted by Crippen LogP contribution is 2.29. The van der Waals surface area contributed by atoms with Crippen LogP contribution in [0.2, 0.25) is 0 Å². The number of aromatic amines is 1. The molecule has 2 heterocycles. The van der Waals surface area contributed by atoms with Crippen LogP contribution < -0.4 is 5.32 Å². The Morgan fingerprint density at radius 3 is 2.85 bits per heavy atom. The molecular formula is C19H19N5O3. The first kappa shape index (κ1) is 18.3. The van der Waals surface area contributed by atoms with Crippen molar-refractivity contribution in [2.24, 2.45) is 0 Å². The van der Waals surface area contributed by atoms with E-state index >= 15 is 0 Å². The van der Waals surface area contributed by atoms with Crippen molar-refractivity contribution < 1.29 is 14.7 Å². The molecule has 3 N–H and O–H groups in total. The highest BCUT2D eigenvalue weighted by atomic mass is 16.4. The van der Waals surface area contributed by atoms with E-state index in [9.17, 15) is 14.7 Å². The number of nitrogens with one attached hydrogen (secondary N) is 2. The lowest BCUT2D eigenvalue weighted by Gasteiger charge is -2.07. The van der Waals surface area contributed by atoms with Gasteiger partial charge < -0.3 is 20.3 Å². The van der Waals surface area contributed by atoms with Crippen LogP contribution in [-0.2, 0) is 4.79 Å². The fourth-order valence-corrected chi connectivity index (χ4v) is 2.65. The smallest absolute Gasteiger partial charge is 0.338 e. The van der Waals surface area contributed by atoms with Crippen LogP contribution >= 0.6 is 0 Å². The second kappa shape index (κ2) is 7.79. The van der Waals surface area contributed by atoms with E-state index in [2.05, 4.69) is 20.3 Å². The Hall–Kier alpha value is -3.52. The molecule has 0 fully saturated rings. The van der Waals surface area contributed by atoms with Crippen LogP contribution in [-0.4, -0.2) is 57.5 Å². The zero-order valence-corrected chi connectivity index (χ0v) is 14.9. The standard InChI is InChI=1S/C19H19N5O3/c1-24(2)8-4-7-15(25)23-13-6-3-5-12(9-13)17-16-14(19(26)27)10-20-18(16)22-11-21-17/h3-7,9-11H,8H2,1-2H3,(H,23,25)(H,26,27)(H,20,21,22)/b7-4+. The molecule has 27 heavy (non-hydrogen) atoms. The zero-order chi connectivity index (χ0) is 19.4. The van der Waals surface area contributed by atoms with Gasteiger partial charge in [-0.05, 0) is 26.2 Å². The van der Waals surface area contributed by atoms with Crippen molar-refractivity contribution in [2.45, 2.75) is 0 Å². The minimum absolute atomic E-state index is 0.0988. The number of hydrogen-bond donors (Lipinski definition) is 3. The van der Waals surface area contributed by atoms with E-state index < -0.39 is 5.97 Å². The Bertz CT molecular complexity index is 1020. The third-order valence-corrected chi connectivity index (χ3v) is 3.84. The molecule has 1 amide bonds. The minimum Gasteiger partial charge on any atom is -0.478 e. The Morgan fingerprint density at radius 2 is 2.11 bits per heavy atom. The predicted molar refractivity (Wildman–Crippen MR) is 103 cm³/mol. The molecule has 8 nitrogen and oxygen atoms in total. The maximum atomic E-state index is 12.0. The lowest BCUT2D eigenvalue weighted by atomic mass is 10.1. The van der Waals surface area contributed by atoms with Crippen molar-refractivity contribution in [3.8, 4) is 11.3 Å². The predicted octanol–water partition coefficient (Wildman–Crippen LogP) is 2.38. The van der Waals surface area contributed by atoms with Gasteiger partial charge in [0.25, 0.3) is 0 Å². The van der Waals surface area contributed by atoms with Gasteiger partial charge in [-0.3, -0.25) is 4.79 Å². The van der Waals surface area contributed by atoms with Crippen molar-refractivity contribution in [1.82, 2.24) is 19.9 Å². The maximum Gasteiger partial charge on any atom is 0.338 e. The Labute approximate surface area is 155 Å². The fraction of sp³-hybridized carbons (Fsp3) is 0.158. The van der Waals surface area contributed by atoms with Gasteiger partial charge in [0.1, 0.15) is 12.0 Å². The molecule has 2 aromatic heterocycles. The summed E-state index contributed by atoms with van der Waals surface area (Å²) < 4.78 is 0. The zero-order valence-electron chi connectivity index (χ0n) is 14.9. The summed E-state index contributed by atoms with van der Waals surface area (Å²) in [5.41, 5.74) is 2.30. The number of aromatic nitrogens is 3. The van der Waals surface area contributed by atoms with E-state index in [4.69, 9.17) is 0 Å². The summed E-state index contributed by atoms with van der Waals surface area (Å²) in [5, 5.41) is 12.6. The largest absolute Gasteiger partial charge is 0.478 e. The lowest BCUT2D eigenvalue weighted by molar-refractivity contribution is -0.111. The third kappa shape index (κ3) is 4.18.